The molecule has 5 aromatic rings. The Morgan fingerprint density at radius 2 is 1.43 bits per heavy atom. The van der Waals surface area contributed by atoms with E-state index in [4.69, 9.17) is 11.5 Å². The molecule has 1 aromatic heterocycles. The first-order valence-electron chi connectivity index (χ1n) is 13.2. The molecule has 4 heteroatoms. The van der Waals surface area contributed by atoms with Crippen LogP contribution in [0.1, 0.15) is 33.3 Å². The second-order valence-corrected chi connectivity index (χ2v) is 8.97. The van der Waals surface area contributed by atoms with E-state index in [0.717, 1.165) is 35.2 Å². The molecule has 0 fully saturated rings. The minimum Gasteiger partial charge on any atom is -0.398 e. The lowest BCUT2D eigenvalue weighted by Crippen LogP contribution is -2.14. The molecule has 1 aliphatic rings. The largest absolute Gasteiger partial charge is 0.398 e. The summed E-state index contributed by atoms with van der Waals surface area (Å²) in [6, 6.07) is 21.1. The minimum absolute atomic E-state index is 0.827. The topological polar surface area (TPSA) is 60.0 Å². The maximum atomic E-state index is 6.27. The molecule has 0 aliphatic carbocycles. The van der Waals surface area contributed by atoms with Gasteiger partial charge >= 0.3 is 0 Å². The molecule has 6 rings (SSSR count). The number of aryl methyl sites for hydroxylation is 1. The van der Waals surface area contributed by atoms with Crippen LogP contribution >= 0.6 is 0 Å². The highest BCUT2D eigenvalue weighted by atomic mass is 15.0. The molecule has 2 heterocycles. The highest BCUT2D eigenvalue weighted by Crippen LogP contribution is 2.38. The Morgan fingerprint density at radius 1 is 0.757 bits per heavy atom. The first-order chi connectivity index (χ1) is 18.1. The molecular formula is C33H35N4+. The average molecular weight is 488 g/mol. The second kappa shape index (κ2) is 9.98. The molecule has 1 aliphatic heterocycles. The number of hydrogen-bond acceptors (Lipinski definition) is 2. The first-order valence-corrected chi connectivity index (χ1v) is 13.2. The summed E-state index contributed by atoms with van der Waals surface area (Å²) in [5.41, 5.74) is 19.1. The van der Waals surface area contributed by atoms with E-state index in [9.17, 15) is 0 Å². The summed E-state index contributed by atoms with van der Waals surface area (Å²) in [6.45, 7) is 10.2. The van der Waals surface area contributed by atoms with Crippen LogP contribution in [-0.4, -0.2) is 21.4 Å². The van der Waals surface area contributed by atoms with E-state index in [-0.39, 0.29) is 0 Å². The van der Waals surface area contributed by atoms with Crippen molar-refractivity contribution >= 4 is 61.3 Å². The molecule has 0 bridgehead atoms. The summed E-state index contributed by atoms with van der Waals surface area (Å²) in [7, 11) is 0. The van der Waals surface area contributed by atoms with Crippen LogP contribution < -0.4 is 16.8 Å². The molecule has 4 nitrogen and oxygen atoms in total. The van der Waals surface area contributed by atoms with Crippen LogP contribution in [0.4, 0.5) is 17.1 Å². The van der Waals surface area contributed by atoms with Gasteiger partial charge in [0.2, 0.25) is 11.4 Å². The summed E-state index contributed by atoms with van der Waals surface area (Å²) in [5.74, 6) is 0. The number of rotatable bonds is 5. The molecule has 0 saturated heterocycles. The predicted octanol–water partition coefficient (Wildman–Crippen LogP) is 6.94. The van der Waals surface area contributed by atoms with Crippen molar-refractivity contribution in [1.29, 1.82) is 0 Å². The molecule has 0 amide bonds. The van der Waals surface area contributed by atoms with Crippen molar-refractivity contribution < 1.29 is 4.58 Å². The zero-order valence-electron chi connectivity index (χ0n) is 22.1. The van der Waals surface area contributed by atoms with Gasteiger partial charge in [-0.25, -0.2) is 0 Å². The number of hydrogen-bond donors (Lipinski definition) is 2. The summed E-state index contributed by atoms with van der Waals surface area (Å²) < 4.78 is 4.72. The lowest BCUT2D eigenvalue weighted by molar-refractivity contribution is -0.430. The van der Waals surface area contributed by atoms with Crippen LogP contribution in [0.15, 0.2) is 85.0 Å². The quantitative estimate of drug-likeness (QED) is 0.160. The predicted molar refractivity (Wildman–Crippen MR) is 162 cm³/mol. The van der Waals surface area contributed by atoms with Crippen molar-refractivity contribution in [3.05, 3.63) is 95.9 Å². The number of nitrogen functional groups attached to an aromatic ring is 2. The molecule has 0 spiro atoms. The summed E-state index contributed by atoms with van der Waals surface area (Å²) in [6.07, 6.45) is 10.8. The number of anilines is 2. The van der Waals surface area contributed by atoms with E-state index in [1.807, 2.05) is 26.0 Å². The molecule has 4 N–H and O–H groups in total. The van der Waals surface area contributed by atoms with Gasteiger partial charge in [-0.3, -0.25) is 0 Å². The van der Waals surface area contributed by atoms with Gasteiger partial charge in [0.15, 0.2) is 0 Å². The van der Waals surface area contributed by atoms with Crippen molar-refractivity contribution in [1.82, 2.24) is 4.57 Å². The summed E-state index contributed by atoms with van der Waals surface area (Å²) in [5, 5.41) is 7.18. The third kappa shape index (κ3) is 3.80. The number of aromatic nitrogens is 1. The third-order valence-corrected chi connectivity index (χ3v) is 7.18. The van der Waals surface area contributed by atoms with Gasteiger partial charge in [-0.1, -0.05) is 62.4 Å². The van der Waals surface area contributed by atoms with Crippen molar-refractivity contribution in [2.24, 2.45) is 0 Å². The third-order valence-electron chi connectivity index (χ3n) is 7.18. The van der Waals surface area contributed by atoms with Crippen LogP contribution in [0, 0.1) is 0 Å². The number of benzene rings is 4. The van der Waals surface area contributed by atoms with E-state index in [0.29, 0.717) is 0 Å². The average Bonchev–Trinajstić information content (AvgIpc) is 3.42. The molecule has 4 aromatic carbocycles. The molecular weight excluding hydrogens is 452 g/mol. The van der Waals surface area contributed by atoms with Crippen LogP contribution in [-0.2, 0) is 6.54 Å². The van der Waals surface area contributed by atoms with Gasteiger partial charge in [-0.15, -0.1) is 0 Å². The molecule has 0 radical (unpaired) electrons. The monoisotopic (exact) mass is 487 g/mol. The fourth-order valence-corrected chi connectivity index (χ4v) is 5.65. The lowest BCUT2D eigenvalue weighted by Gasteiger charge is -2.04. The number of allylic oxidation sites excluding steroid dienone is 4. The lowest BCUT2D eigenvalue weighted by atomic mass is 10.0. The fourth-order valence-electron chi connectivity index (χ4n) is 5.65. The van der Waals surface area contributed by atoms with E-state index in [1.165, 1.54) is 44.0 Å². The highest BCUT2D eigenvalue weighted by Gasteiger charge is 2.29. The Balaban J connectivity index is 0.00000137. The van der Waals surface area contributed by atoms with Gasteiger partial charge < -0.3 is 16.0 Å². The van der Waals surface area contributed by atoms with Gasteiger partial charge in [0.1, 0.15) is 6.54 Å². The molecule has 0 saturated carbocycles. The van der Waals surface area contributed by atoms with Crippen molar-refractivity contribution in [3.8, 4) is 0 Å². The Hall–Kier alpha value is -4.31. The first kappa shape index (κ1) is 24.4. The van der Waals surface area contributed by atoms with Crippen LogP contribution in [0.5, 0.6) is 0 Å². The smallest absolute Gasteiger partial charge is 0.214 e. The zero-order chi connectivity index (χ0) is 26.1. The Kier molecular flexibility index (Phi) is 6.58. The van der Waals surface area contributed by atoms with Crippen molar-refractivity contribution in [3.63, 3.8) is 0 Å². The number of nitrogens with zero attached hydrogens (tertiary/aromatic N) is 2. The Labute approximate surface area is 218 Å². The van der Waals surface area contributed by atoms with Crippen molar-refractivity contribution in [2.75, 3.05) is 18.0 Å². The van der Waals surface area contributed by atoms with Gasteiger partial charge in [0, 0.05) is 62.5 Å². The number of nitrogens with two attached hydrogens (primary N) is 2. The van der Waals surface area contributed by atoms with Crippen LogP contribution in [0.25, 0.3) is 38.5 Å². The van der Waals surface area contributed by atoms with Crippen LogP contribution in [0.3, 0.4) is 0 Å². The SMILES string of the molecule is CC.CCn1\c(=C/C=C/C=C/C2=[N+](CC)c3ccc(N)c4cccc2c34)c2cccc3c(N)ccc1c32. The molecule has 0 atom stereocenters. The zero-order valence-corrected chi connectivity index (χ0v) is 22.1. The standard InChI is InChI=1S/C31H28N4.C2H6/c1-3-34-26(22-12-8-10-20-24(32)16-18-28(34)30(20)22)14-6-5-7-15-27-23-13-9-11-21-25(33)17-19-29(31(21)23)35(27)4-2;1-2/h5-19H,3-4H2,1-2H3,(H3,32,33);1-2H3/p+1. The maximum absolute atomic E-state index is 6.27. The van der Waals surface area contributed by atoms with E-state index in [1.54, 1.807) is 0 Å². The molecule has 186 valence electrons. The summed E-state index contributed by atoms with van der Waals surface area (Å²) >= 11 is 0. The highest BCUT2D eigenvalue weighted by molar-refractivity contribution is 6.21. The molecule has 37 heavy (non-hydrogen) atoms. The second-order valence-electron chi connectivity index (χ2n) is 8.97. The van der Waals surface area contributed by atoms with Gasteiger partial charge in [0.05, 0.1) is 10.9 Å². The van der Waals surface area contributed by atoms with E-state index in [2.05, 4.69) is 102 Å². The van der Waals surface area contributed by atoms with Gasteiger partial charge in [-0.2, -0.15) is 4.58 Å². The fraction of sp³-hybridized carbons (Fsp3) is 0.182. The Bertz CT molecular complexity index is 1780. The normalized spacial score (nSPS) is 13.7. The van der Waals surface area contributed by atoms with E-state index < -0.39 is 0 Å². The minimum atomic E-state index is 0.827. The molecule has 0 unspecified atom stereocenters. The maximum Gasteiger partial charge on any atom is 0.214 e. The van der Waals surface area contributed by atoms with Crippen molar-refractivity contribution in [2.45, 2.75) is 34.2 Å². The summed E-state index contributed by atoms with van der Waals surface area (Å²) in [4.78, 5) is 0. The van der Waals surface area contributed by atoms with Gasteiger partial charge in [0.25, 0.3) is 0 Å². The van der Waals surface area contributed by atoms with Crippen LogP contribution in [0.2, 0.25) is 0 Å². The van der Waals surface area contributed by atoms with Gasteiger partial charge in [-0.05, 0) is 44.2 Å². The Morgan fingerprint density at radius 3 is 2.16 bits per heavy atom. The van der Waals surface area contributed by atoms with E-state index >= 15 is 0 Å².